The number of hydrogen-bond donors (Lipinski definition) is 0. The first-order chi connectivity index (χ1) is 9.61. The molecule has 0 aliphatic carbocycles. The number of rotatable bonds is 5. The topological polar surface area (TPSA) is 68.5 Å². The third-order valence-electron chi connectivity index (χ3n) is 3.62. The third kappa shape index (κ3) is 3.56. The van der Waals surface area contributed by atoms with Crippen LogP contribution < -0.4 is 0 Å². The molecule has 6 heteroatoms. The van der Waals surface area contributed by atoms with Crippen molar-refractivity contribution in [3.05, 3.63) is 11.7 Å². The molecule has 1 atom stereocenters. The third-order valence-corrected chi connectivity index (χ3v) is 3.62. The summed E-state index contributed by atoms with van der Waals surface area (Å²) in [7, 11) is 1.61. The number of amides is 1. The minimum Gasteiger partial charge on any atom is -0.384 e. The smallest absolute Gasteiger partial charge is 0.231 e. The summed E-state index contributed by atoms with van der Waals surface area (Å²) in [5.74, 6) is 1.96. The zero-order valence-corrected chi connectivity index (χ0v) is 12.5. The lowest BCUT2D eigenvalue weighted by molar-refractivity contribution is -0.133. The maximum atomic E-state index is 12.0. The van der Waals surface area contributed by atoms with Crippen molar-refractivity contribution >= 4 is 5.91 Å². The zero-order chi connectivity index (χ0) is 14.5. The van der Waals surface area contributed by atoms with Crippen LogP contribution >= 0.6 is 0 Å². The van der Waals surface area contributed by atoms with Crippen LogP contribution in [0.4, 0.5) is 0 Å². The van der Waals surface area contributed by atoms with E-state index in [9.17, 15) is 4.79 Å². The van der Waals surface area contributed by atoms with Gasteiger partial charge in [-0.05, 0) is 12.8 Å². The minimum absolute atomic E-state index is 0.139. The number of aromatic nitrogens is 2. The van der Waals surface area contributed by atoms with Crippen molar-refractivity contribution in [3.63, 3.8) is 0 Å². The van der Waals surface area contributed by atoms with Gasteiger partial charge in [0.05, 0.1) is 18.9 Å². The number of carbonyl (C=O) groups is 1. The molecule has 112 valence electrons. The average Bonchev–Trinajstić information content (AvgIpc) is 2.95. The Morgan fingerprint density at radius 2 is 2.35 bits per heavy atom. The molecule has 0 saturated carbocycles. The van der Waals surface area contributed by atoms with Crippen LogP contribution in [0.2, 0.25) is 0 Å². The summed E-state index contributed by atoms with van der Waals surface area (Å²) in [5, 5.41) is 4.00. The van der Waals surface area contributed by atoms with E-state index in [0.717, 1.165) is 25.2 Å². The van der Waals surface area contributed by atoms with Gasteiger partial charge in [0.2, 0.25) is 11.8 Å². The molecule has 0 radical (unpaired) electrons. The Hall–Kier alpha value is -1.43. The molecular formula is C14H23N3O3. The summed E-state index contributed by atoms with van der Waals surface area (Å²) in [4.78, 5) is 18.4. The molecule has 6 nitrogen and oxygen atoms in total. The van der Waals surface area contributed by atoms with Gasteiger partial charge in [0.25, 0.3) is 0 Å². The van der Waals surface area contributed by atoms with E-state index in [4.69, 9.17) is 9.26 Å². The van der Waals surface area contributed by atoms with Crippen LogP contribution in [-0.4, -0.2) is 47.8 Å². The van der Waals surface area contributed by atoms with Gasteiger partial charge in [0, 0.05) is 26.1 Å². The Morgan fingerprint density at radius 1 is 1.55 bits per heavy atom. The van der Waals surface area contributed by atoms with Crippen molar-refractivity contribution in [2.24, 2.45) is 0 Å². The van der Waals surface area contributed by atoms with E-state index < -0.39 is 0 Å². The van der Waals surface area contributed by atoms with E-state index in [1.54, 1.807) is 7.11 Å². The molecule has 20 heavy (non-hydrogen) atoms. The summed E-state index contributed by atoms with van der Waals surface area (Å²) >= 11 is 0. The lowest BCUT2D eigenvalue weighted by Gasteiger charge is -2.31. The van der Waals surface area contributed by atoms with Crippen LogP contribution in [0, 0.1) is 0 Å². The molecule has 0 unspecified atom stereocenters. The molecule has 1 saturated heterocycles. The predicted octanol–water partition coefficient (Wildman–Crippen LogP) is 1.94. The van der Waals surface area contributed by atoms with Crippen molar-refractivity contribution in [1.29, 1.82) is 0 Å². The van der Waals surface area contributed by atoms with Gasteiger partial charge >= 0.3 is 0 Å². The fraction of sp³-hybridized carbons (Fsp3) is 0.786. The van der Waals surface area contributed by atoms with Gasteiger partial charge in [0.15, 0.2) is 5.82 Å². The Kier molecular flexibility index (Phi) is 5.11. The lowest BCUT2D eigenvalue weighted by Crippen LogP contribution is -2.39. The highest BCUT2D eigenvalue weighted by atomic mass is 16.5. The number of ether oxygens (including phenoxy) is 1. The highest BCUT2D eigenvalue weighted by molar-refractivity contribution is 5.76. The van der Waals surface area contributed by atoms with E-state index in [1.807, 2.05) is 18.7 Å². The fourth-order valence-corrected chi connectivity index (χ4v) is 2.40. The first kappa shape index (κ1) is 15.0. The molecule has 1 aromatic heterocycles. The van der Waals surface area contributed by atoms with Gasteiger partial charge in [-0.2, -0.15) is 4.98 Å². The number of likely N-dealkylation sites (tertiary alicyclic amines) is 1. The van der Waals surface area contributed by atoms with Crippen LogP contribution in [0.15, 0.2) is 4.52 Å². The molecule has 1 aromatic rings. The molecule has 2 rings (SSSR count). The van der Waals surface area contributed by atoms with Crippen molar-refractivity contribution in [2.45, 2.75) is 44.9 Å². The fourth-order valence-electron chi connectivity index (χ4n) is 2.40. The Balaban J connectivity index is 1.97. The SMILES string of the molecule is COCCC(=O)N1CCC[C@@H](c2nc(C(C)C)no2)C1. The van der Waals surface area contributed by atoms with Gasteiger partial charge in [-0.15, -0.1) is 0 Å². The van der Waals surface area contributed by atoms with Crippen LogP contribution in [0.25, 0.3) is 0 Å². The largest absolute Gasteiger partial charge is 0.384 e. The number of hydrogen-bond acceptors (Lipinski definition) is 5. The van der Waals surface area contributed by atoms with E-state index in [2.05, 4.69) is 10.1 Å². The summed E-state index contributed by atoms with van der Waals surface area (Å²) in [5.41, 5.74) is 0. The first-order valence-electron chi connectivity index (χ1n) is 7.22. The van der Waals surface area contributed by atoms with Gasteiger partial charge < -0.3 is 14.2 Å². The predicted molar refractivity (Wildman–Crippen MR) is 73.4 cm³/mol. The standard InChI is InChI=1S/C14H23N3O3/c1-10(2)13-15-14(20-16-13)11-5-4-7-17(9-11)12(18)6-8-19-3/h10-11H,4-9H2,1-3H3/t11-/m1/s1. The Bertz CT molecular complexity index is 445. The van der Waals surface area contributed by atoms with E-state index in [0.29, 0.717) is 25.5 Å². The number of methoxy groups -OCH3 is 1. The van der Waals surface area contributed by atoms with Crippen LogP contribution in [0.5, 0.6) is 0 Å². The molecule has 2 heterocycles. The van der Waals surface area contributed by atoms with Gasteiger partial charge in [0.1, 0.15) is 0 Å². The van der Waals surface area contributed by atoms with Crippen LogP contribution in [-0.2, 0) is 9.53 Å². The normalized spacial score (nSPS) is 19.6. The second kappa shape index (κ2) is 6.83. The molecule has 0 spiro atoms. The van der Waals surface area contributed by atoms with Crippen LogP contribution in [0.1, 0.15) is 56.7 Å². The summed E-state index contributed by atoms with van der Waals surface area (Å²) in [6, 6.07) is 0. The van der Waals surface area contributed by atoms with Crippen molar-refractivity contribution in [3.8, 4) is 0 Å². The summed E-state index contributed by atoms with van der Waals surface area (Å²) in [6.45, 7) is 6.02. The zero-order valence-electron chi connectivity index (χ0n) is 12.5. The van der Waals surface area contributed by atoms with E-state index >= 15 is 0 Å². The quantitative estimate of drug-likeness (QED) is 0.825. The van der Waals surface area contributed by atoms with Crippen molar-refractivity contribution in [1.82, 2.24) is 15.0 Å². The molecule has 0 aromatic carbocycles. The Morgan fingerprint density at radius 3 is 3.00 bits per heavy atom. The maximum absolute atomic E-state index is 12.0. The Labute approximate surface area is 119 Å². The molecule has 0 N–H and O–H groups in total. The van der Waals surface area contributed by atoms with Gasteiger partial charge in [-0.1, -0.05) is 19.0 Å². The van der Waals surface area contributed by atoms with Crippen LogP contribution in [0.3, 0.4) is 0 Å². The molecule has 1 fully saturated rings. The maximum Gasteiger partial charge on any atom is 0.231 e. The summed E-state index contributed by atoms with van der Waals surface area (Å²) in [6.07, 6.45) is 2.40. The molecule has 1 aliphatic heterocycles. The average molecular weight is 281 g/mol. The minimum atomic E-state index is 0.139. The second-order valence-electron chi connectivity index (χ2n) is 5.57. The molecule has 1 amide bonds. The van der Waals surface area contributed by atoms with E-state index in [-0.39, 0.29) is 17.7 Å². The van der Waals surface area contributed by atoms with Crippen molar-refractivity contribution < 1.29 is 14.1 Å². The van der Waals surface area contributed by atoms with E-state index in [1.165, 1.54) is 0 Å². The monoisotopic (exact) mass is 281 g/mol. The van der Waals surface area contributed by atoms with Crippen molar-refractivity contribution in [2.75, 3.05) is 26.8 Å². The second-order valence-corrected chi connectivity index (χ2v) is 5.57. The molecule has 0 bridgehead atoms. The highest BCUT2D eigenvalue weighted by Crippen LogP contribution is 2.27. The summed E-state index contributed by atoms with van der Waals surface area (Å²) < 4.78 is 10.3. The van der Waals surface area contributed by atoms with Gasteiger partial charge in [-0.25, -0.2) is 0 Å². The number of nitrogens with zero attached hydrogens (tertiary/aromatic N) is 3. The van der Waals surface area contributed by atoms with Gasteiger partial charge in [-0.3, -0.25) is 4.79 Å². The number of piperidine rings is 1. The number of carbonyl (C=O) groups excluding carboxylic acids is 1. The highest BCUT2D eigenvalue weighted by Gasteiger charge is 2.28. The molecular weight excluding hydrogens is 258 g/mol. The lowest BCUT2D eigenvalue weighted by atomic mass is 9.97. The molecule has 1 aliphatic rings. The first-order valence-corrected chi connectivity index (χ1v) is 7.22.